The molecule has 0 saturated heterocycles. The van der Waals surface area contributed by atoms with Crippen molar-refractivity contribution in [2.75, 3.05) is 6.26 Å². The van der Waals surface area contributed by atoms with Crippen LogP contribution in [-0.4, -0.2) is 14.7 Å². The number of hydrogen-bond donors (Lipinski definition) is 1. The molecule has 0 saturated carbocycles. The number of sulfonamides is 1. The van der Waals surface area contributed by atoms with Gasteiger partial charge in [0.2, 0.25) is 10.0 Å². The number of hydrogen-bond acceptors (Lipinski definition) is 2. The van der Waals surface area contributed by atoms with Crippen LogP contribution in [0.15, 0.2) is 24.3 Å². The number of nitrogens with one attached hydrogen (secondary N) is 1. The van der Waals surface area contributed by atoms with Crippen LogP contribution in [0.5, 0.6) is 0 Å². The van der Waals surface area contributed by atoms with Crippen LogP contribution < -0.4 is 4.72 Å². The first-order valence-electron chi connectivity index (χ1n) is 4.61. The summed E-state index contributed by atoms with van der Waals surface area (Å²) in [5, 5.41) is 0. The van der Waals surface area contributed by atoms with Gasteiger partial charge in [-0.25, -0.2) is 13.1 Å². The highest BCUT2D eigenvalue weighted by molar-refractivity contribution is 7.88. The molecular formula is C10H13NO2S. The highest BCUT2D eigenvalue weighted by Crippen LogP contribution is 2.30. The molecule has 1 aromatic carbocycles. The number of rotatable bonds is 2. The molecule has 76 valence electrons. The SMILES string of the molecule is CS(=O)(=O)N[C@@H]1CCc2ccccc21. The summed E-state index contributed by atoms with van der Waals surface area (Å²) >= 11 is 0. The van der Waals surface area contributed by atoms with Crippen molar-refractivity contribution in [1.29, 1.82) is 0 Å². The van der Waals surface area contributed by atoms with Crippen molar-refractivity contribution in [3.05, 3.63) is 35.4 Å². The third kappa shape index (κ3) is 1.96. The van der Waals surface area contributed by atoms with Gasteiger partial charge in [-0.3, -0.25) is 0 Å². The first-order valence-corrected chi connectivity index (χ1v) is 6.50. The van der Waals surface area contributed by atoms with Gasteiger partial charge in [0, 0.05) is 6.04 Å². The van der Waals surface area contributed by atoms with E-state index in [0.717, 1.165) is 18.4 Å². The standard InChI is InChI=1S/C10H13NO2S/c1-14(12,13)11-10-7-6-8-4-2-3-5-9(8)10/h2-5,10-11H,6-7H2,1H3/t10-/m1/s1. The number of aryl methyl sites for hydroxylation is 1. The van der Waals surface area contributed by atoms with Gasteiger partial charge in [0.15, 0.2) is 0 Å². The van der Waals surface area contributed by atoms with Crippen LogP contribution in [0.4, 0.5) is 0 Å². The van der Waals surface area contributed by atoms with Crippen LogP contribution in [0.2, 0.25) is 0 Å². The Morgan fingerprint density at radius 3 is 2.79 bits per heavy atom. The Morgan fingerprint density at radius 1 is 1.36 bits per heavy atom. The molecular weight excluding hydrogens is 198 g/mol. The Bertz CT molecular complexity index is 439. The second-order valence-electron chi connectivity index (χ2n) is 3.68. The lowest BCUT2D eigenvalue weighted by Crippen LogP contribution is -2.25. The molecule has 0 unspecified atom stereocenters. The summed E-state index contributed by atoms with van der Waals surface area (Å²) in [4.78, 5) is 0. The molecule has 1 atom stereocenters. The number of benzene rings is 1. The van der Waals surface area contributed by atoms with Crippen LogP contribution in [-0.2, 0) is 16.4 Å². The minimum absolute atomic E-state index is 0.0267. The van der Waals surface area contributed by atoms with E-state index in [4.69, 9.17) is 0 Å². The first kappa shape index (κ1) is 9.68. The van der Waals surface area contributed by atoms with Crippen molar-refractivity contribution in [3.63, 3.8) is 0 Å². The molecule has 0 aliphatic heterocycles. The summed E-state index contributed by atoms with van der Waals surface area (Å²) in [6.45, 7) is 0. The summed E-state index contributed by atoms with van der Waals surface area (Å²) in [5.74, 6) is 0. The second-order valence-corrected chi connectivity index (χ2v) is 5.46. The van der Waals surface area contributed by atoms with Crippen molar-refractivity contribution < 1.29 is 8.42 Å². The molecule has 0 fully saturated rings. The number of fused-ring (bicyclic) bond motifs is 1. The van der Waals surface area contributed by atoms with Gasteiger partial charge in [-0.15, -0.1) is 0 Å². The fourth-order valence-corrected chi connectivity index (χ4v) is 2.70. The van der Waals surface area contributed by atoms with Crippen LogP contribution >= 0.6 is 0 Å². The van der Waals surface area contributed by atoms with Crippen LogP contribution in [0.3, 0.4) is 0 Å². The predicted molar refractivity (Wildman–Crippen MR) is 55.5 cm³/mol. The van der Waals surface area contributed by atoms with Gasteiger partial charge in [0.1, 0.15) is 0 Å². The lowest BCUT2D eigenvalue weighted by atomic mass is 10.1. The normalized spacial score (nSPS) is 20.8. The van der Waals surface area contributed by atoms with Gasteiger partial charge in [0.25, 0.3) is 0 Å². The summed E-state index contributed by atoms with van der Waals surface area (Å²) in [5.41, 5.74) is 2.38. The topological polar surface area (TPSA) is 46.2 Å². The van der Waals surface area contributed by atoms with E-state index in [0.29, 0.717) is 0 Å². The molecule has 2 rings (SSSR count). The monoisotopic (exact) mass is 211 g/mol. The average Bonchev–Trinajstić information content (AvgIpc) is 2.47. The van der Waals surface area contributed by atoms with Crippen LogP contribution in [0.25, 0.3) is 0 Å². The van der Waals surface area contributed by atoms with Crippen LogP contribution in [0.1, 0.15) is 23.6 Å². The first-order chi connectivity index (χ1) is 6.56. The minimum atomic E-state index is -3.10. The fourth-order valence-electron chi connectivity index (χ4n) is 1.94. The van der Waals surface area contributed by atoms with Gasteiger partial charge in [-0.2, -0.15) is 0 Å². The van der Waals surface area contributed by atoms with Crippen molar-refractivity contribution in [1.82, 2.24) is 4.72 Å². The maximum absolute atomic E-state index is 11.1. The summed E-state index contributed by atoms with van der Waals surface area (Å²) < 4.78 is 24.8. The largest absolute Gasteiger partial charge is 0.213 e. The quantitative estimate of drug-likeness (QED) is 0.799. The Hall–Kier alpha value is -0.870. The van der Waals surface area contributed by atoms with E-state index < -0.39 is 10.0 Å². The summed E-state index contributed by atoms with van der Waals surface area (Å²) in [6, 6.07) is 7.95. The molecule has 14 heavy (non-hydrogen) atoms. The Balaban J connectivity index is 2.27. The van der Waals surface area contributed by atoms with E-state index in [1.807, 2.05) is 18.2 Å². The average molecular weight is 211 g/mol. The predicted octanol–water partition coefficient (Wildman–Crippen LogP) is 1.22. The van der Waals surface area contributed by atoms with Crippen molar-refractivity contribution in [3.8, 4) is 0 Å². The molecule has 0 spiro atoms. The second kappa shape index (κ2) is 3.37. The zero-order valence-corrected chi connectivity index (χ0v) is 8.84. The summed E-state index contributed by atoms with van der Waals surface area (Å²) in [7, 11) is -3.10. The van der Waals surface area contributed by atoms with E-state index >= 15 is 0 Å². The molecule has 0 amide bonds. The third-order valence-corrected chi connectivity index (χ3v) is 3.20. The van der Waals surface area contributed by atoms with E-state index in [1.165, 1.54) is 11.8 Å². The zero-order valence-electron chi connectivity index (χ0n) is 8.03. The highest BCUT2D eigenvalue weighted by atomic mass is 32.2. The van der Waals surface area contributed by atoms with Gasteiger partial charge < -0.3 is 0 Å². The van der Waals surface area contributed by atoms with Crippen LogP contribution in [0, 0.1) is 0 Å². The molecule has 4 heteroatoms. The van der Waals surface area contributed by atoms with Crippen molar-refractivity contribution >= 4 is 10.0 Å². The van der Waals surface area contributed by atoms with E-state index in [9.17, 15) is 8.42 Å². The molecule has 0 bridgehead atoms. The van der Waals surface area contributed by atoms with Gasteiger partial charge in [0.05, 0.1) is 6.26 Å². The van der Waals surface area contributed by atoms with E-state index in [2.05, 4.69) is 10.8 Å². The molecule has 1 aromatic rings. The van der Waals surface area contributed by atoms with Crippen molar-refractivity contribution in [2.24, 2.45) is 0 Å². The van der Waals surface area contributed by atoms with Gasteiger partial charge >= 0.3 is 0 Å². The molecule has 1 aliphatic carbocycles. The molecule has 0 radical (unpaired) electrons. The van der Waals surface area contributed by atoms with Crippen molar-refractivity contribution in [2.45, 2.75) is 18.9 Å². The zero-order chi connectivity index (χ0) is 10.2. The molecule has 0 heterocycles. The summed E-state index contributed by atoms with van der Waals surface area (Å²) in [6.07, 6.45) is 3.03. The van der Waals surface area contributed by atoms with Gasteiger partial charge in [-0.05, 0) is 24.0 Å². The maximum Gasteiger partial charge on any atom is 0.209 e. The molecule has 0 aromatic heterocycles. The minimum Gasteiger partial charge on any atom is -0.213 e. The Morgan fingerprint density at radius 2 is 2.07 bits per heavy atom. The molecule has 3 nitrogen and oxygen atoms in total. The smallest absolute Gasteiger partial charge is 0.209 e. The van der Waals surface area contributed by atoms with E-state index in [-0.39, 0.29) is 6.04 Å². The Kier molecular flexibility index (Phi) is 2.33. The highest BCUT2D eigenvalue weighted by Gasteiger charge is 2.23. The lowest BCUT2D eigenvalue weighted by Gasteiger charge is -2.11. The lowest BCUT2D eigenvalue weighted by molar-refractivity contribution is 0.560. The third-order valence-electron chi connectivity index (χ3n) is 2.49. The molecule has 1 aliphatic rings. The maximum atomic E-state index is 11.1. The van der Waals surface area contributed by atoms with Gasteiger partial charge in [-0.1, -0.05) is 24.3 Å². The fraction of sp³-hybridized carbons (Fsp3) is 0.400. The van der Waals surface area contributed by atoms with E-state index in [1.54, 1.807) is 0 Å². The molecule has 1 N–H and O–H groups in total. The Labute approximate surface area is 84.2 Å².